The van der Waals surface area contributed by atoms with Gasteiger partial charge in [-0.3, -0.25) is 4.99 Å². The van der Waals surface area contributed by atoms with E-state index in [1.54, 1.807) is 12.6 Å². The first-order valence-electron chi connectivity index (χ1n) is 3.80. The largest absolute Gasteiger partial charge is 0.396 e. The van der Waals surface area contributed by atoms with Crippen LogP contribution >= 0.6 is 12.4 Å². The maximum Gasteiger partial charge on any atom is 0.114 e. The number of rotatable bonds is 3. The minimum Gasteiger partial charge on any atom is -0.396 e. The van der Waals surface area contributed by atoms with E-state index in [0.29, 0.717) is 12.5 Å². The highest BCUT2D eigenvalue weighted by atomic mass is 35.5. The molecule has 0 radical (unpaired) electrons. The molecule has 0 aliphatic carbocycles. The van der Waals surface area contributed by atoms with E-state index in [1.165, 1.54) is 0 Å². The van der Waals surface area contributed by atoms with E-state index in [0.717, 1.165) is 13.1 Å². The lowest BCUT2D eigenvalue weighted by atomic mass is 10.1. The second-order valence-electron chi connectivity index (χ2n) is 2.33. The fraction of sp³-hybridized carbons (Fsp3) is 0.714. The average Bonchev–Trinajstić information content (AvgIpc) is 2.07. The third kappa shape index (κ3) is 4.18. The van der Waals surface area contributed by atoms with Gasteiger partial charge < -0.3 is 10.2 Å². The van der Waals surface area contributed by atoms with E-state index < -0.39 is 0 Å². The van der Waals surface area contributed by atoms with E-state index in [4.69, 9.17) is 4.84 Å². The van der Waals surface area contributed by atoms with Gasteiger partial charge in [0.15, 0.2) is 0 Å². The van der Waals surface area contributed by atoms with Crippen molar-refractivity contribution in [2.45, 2.75) is 6.92 Å². The summed E-state index contributed by atoms with van der Waals surface area (Å²) in [4.78, 5) is 8.88. The number of halogens is 1. The molecule has 1 rings (SSSR count). The smallest absolute Gasteiger partial charge is 0.114 e. The molecule has 0 aromatic heterocycles. The van der Waals surface area contributed by atoms with Crippen molar-refractivity contribution >= 4 is 25.0 Å². The highest BCUT2D eigenvalue weighted by Gasteiger charge is 2.06. The van der Waals surface area contributed by atoms with Gasteiger partial charge in [-0.25, -0.2) is 0 Å². The zero-order chi connectivity index (χ0) is 7.94. The zero-order valence-corrected chi connectivity index (χ0v) is 7.88. The maximum absolute atomic E-state index is 4.83. The van der Waals surface area contributed by atoms with Gasteiger partial charge in [-0.05, 0) is 6.92 Å². The van der Waals surface area contributed by atoms with Gasteiger partial charge in [-0.1, -0.05) is 5.16 Å². The van der Waals surface area contributed by atoms with Crippen molar-refractivity contribution in [1.82, 2.24) is 5.32 Å². The first-order valence-corrected chi connectivity index (χ1v) is 3.80. The van der Waals surface area contributed by atoms with Crippen LogP contribution in [0.1, 0.15) is 6.92 Å². The molecule has 12 heavy (non-hydrogen) atoms. The molecular weight excluding hydrogens is 178 g/mol. The SMILES string of the molecule is CCO/N=C/C1CN=CNC1.Cl. The molecule has 0 bridgehead atoms. The molecule has 0 saturated heterocycles. The fourth-order valence-electron chi connectivity index (χ4n) is 0.825. The van der Waals surface area contributed by atoms with Crippen LogP contribution in [0.5, 0.6) is 0 Å². The summed E-state index contributed by atoms with van der Waals surface area (Å²) in [6, 6.07) is 0. The minimum atomic E-state index is 0. The molecule has 0 aromatic carbocycles. The molecule has 1 unspecified atom stereocenters. The summed E-state index contributed by atoms with van der Waals surface area (Å²) in [5.41, 5.74) is 0. The summed E-state index contributed by atoms with van der Waals surface area (Å²) in [6.45, 7) is 4.25. The van der Waals surface area contributed by atoms with Gasteiger partial charge in [0.05, 0.1) is 19.1 Å². The Bertz CT molecular complexity index is 161. The second-order valence-corrected chi connectivity index (χ2v) is 2.33. The van der Waals surface area contributed by atoms with Crippen molar-refractivity contribution in [3.63, 3.8) is 0 Å². The lowest BCUT2D eigenvalue weighted by Crippen LogP contribution is -2.29. The number of hydrogen-bond donors (Lipinski definition) is 1. The molecule has 1 aliphatic heterocycles. The van der Waals surface area contributed by atoms with Crippen LogP contribution in [0.4, 0.5) is 0 Å². The van der Waals surface area contributed by atoms with E-state index in [2.05, 4.69) is 15.5 Å². The quantitative estimate of drug-likeness (QED) is 0.527. The first kappa shape index (κ1) is 11.2. The lowest BCUT2D eigenvalue weighted by molar-refractivity contribution is 0.159. The van der Waals surface area contributed by atoms with Crippen molar-refractivity contribution < 1.29 is 4.84 Å². The molecule has 1 N–H and O–H groups in total. The summed E-state index contributed by atoms with van der Waals surface area (Å²) in [7, 11) is 0. The van der Waals surface area contributed by atoms with Gasteiger partial charge in [0.2, 0.25) is 0 Å². The van der Waals surface area contributed by atoms with Gasteiger partial charge in [0.1, 0.15) is 6.61 Å². The average molecular weight is 192 g/mol. The highest BCUT2D eigenvalue weighted by molar-refractivity contribution is 5.85. The van der Waals surface area contributed by atoms with Crippen LogP contribution in [-0.4, -0.2) is 32.2 Å². The highest BCUT2D eigenvalue weighted by Crippen LogP contribution is 1.95. The topological polar surface area (TPSA) is 46.0 Å². The lowest BCUT2D eigenvalue weighted by Gasteiger charge is -2.12. The summed E-state index contributed by atoms with van der Waals surface area (Å²) in [5.74, 6) is 0.381. The monoisotopic (exact) mass is 191 g/mol. The number of hydrogen-bond acceptors (Lipinski definition) is 4. The Labute approximate surface area is 78.5 Å². The Hall–Kier alpha value is -0.770. The molecule has 70 valence electrons. The van der Waals surface area contributed by atoms with Crippen LogP contribution in [0.25, 0.3) is 0 Å². The van der Waals surface area contributed by atoms with Crippen LogP contribution < -0.4 is 5.32 Å². The van der Waals surface area contributed by atoms with Crippen molar-refractivity contribution in [2.75, 3.05) is 19.7 Å². The predicted octanol–water partition coefficient (Wildman–Crippen LogP) is 0.678. The van der Waals surface area contributed by atoms with Gasteiger partial charge in [0.25, 0.3) is 0 Å². The molecule has 0 aromatic rings. The normalized spacial score (nSPS) is 21.6. The molecule has 1 aliphatic rings. The van der Waals surface area contributed by atoms with Gasteiger partial charge in [-0.15, -0.1) is 12.4 Å². The minimum absolute atomic E-state index is 0. The molecule has 5 heteroatoms. The third-order valence-corrected chi connectivity index (χ3v) is 1.38. The number of nitrogens with one attached hydrogen (secondary N) is 1. The molecule has 0 spiro atoms. The Kier molecular flexibility index (Phi) is 6.47. The molecule has 1 atom stereocenters. The van der Waals surface area contributed by atoms with Crippen LogP contribution in [0.3, 0.4) is 0 Å². The van der Waals surface area contributed by atoms with E-state index >= 15 is 0 Å². The van der Waals surface area contributed by atoms with Crippen LogP contribution in [0.2, 0.25) is 0 Å². The Morgan fingerprint density at radius 3 is 3.25 bits per heavy atom. The van der Waals surface area contributed by atoms with Crippen molar-refractivity contribution in [3.8, 4) is 0 Å². The molecule has 0 saturated carbocycles. The summed E-state index contributed by atoms with van der Waals surface area (Å²) in [6.07, 6.45) is 3.53. The molecule has 0 fully saturated rings. The molecule has 4 nitrogen and oxygen atoms in total. The van der Waals surface area contributed by atoms with E-state index in [1.807, 2.05) is 6.92 Å². The Balaban J connectivity index is 0.00000121. The van der Waals surface area contributed by atoms with E-state index in [9.17, 15) is 0 Å². The number of oxime groups is 1. The standard InChI is InChI=1S/C7H13N3O.ClH/c1-2-11-10-5-7-3-8-6-9-4-7;/h5-7H,2-4H2,1H3,(H,8,9);1H/b10-5+;. The predicted molar refractivity (Wildman–Crippen MR) is 52.2 cm³/mol. The van der Waals surface area contributed by atoms with Crippen LogP contribution in [0.15, 0.2) is 10.1 Å². The number of nitrogens with zero attached hydrogens (tertiary/aromatic N) is 2. The molecular formula is C7H14ClN3O. The Morgan fingerprint density at radius 2 is 2.67 bits per heavy atom. The van der Waals surface area contributed by atoms with Crippen molar-refractivity contribution in [2.24, 2.45) is 16.1 Å². The second kappa shape index (κ2) is 6.91. The fourth-order valence-corrected chi connectivity index (χ4v) is 0.825. The first-order chi connectivity index (χ1) is 5.43. The van der Waals surface area contributed by atoms with Gasteiger partial charge >= 0.3 is 0 Å². The van der Waals surface area contributed by atoms with Crippen molar-refractivity contribution in [3.05, 3.63) is 0 Å². The molecule has 1 heterocycles. The summed E-state index contributed by atoms with van der Waals surface area (Å²) < 4.78 is 0. The zero-order valence-electron chi connectivity index (χ0n) is 7.06. The van der Waals surface area contributed by atoms with Gasteiger partial charge in [0, 0.05) is 12.5 Å². The van der Waals surface area contributed by atoms with Crippen LogP contribution in [0, 0.1) is 5.92 Å². The summed E-state index contributed by atoms with van der Waals surface area (Å²) in [5, 5.41) is 6.80. The van der Waals surface area contributed by atoms with Crippen molar-refractivity contribution in [1.29, 1.82) is 0 Å². The van der Waals surface area contributed by atoms with E-state index in [-0.39, 0.29) is 12.4 Å². The number of aliphatic imine (C=N–C) groups is 1. The maximum atomic E-state index is 4.83. The Morgan fingerprint density at radius 1 is 1.83 bits per heavy atom. The third-order valence-electron chi connectivity index (χ3n) is 1.38. The van der Waals surface area contributed by atoms with Gasteiger partial charge in [-0.2, -0.15) is 0 Å². The van der Waals surface area contributed by atoms with Crippen LogP contribution in [-0.2, 0) is 4.84 Å². The molecule has 0 amide bonds. The summed E-state index contributed by atoms with van der Waals surface area (Å²) >= 11 is 0.